The summed E-state index contributed by atoms with van der Waals surface area (Å²) in [4.78, 5) is 35.4. The van der Waals surface area contributed by atoms with E-state index in [9.17, 15) is 27.8 Å². The van der Waals surface area contributed by atoms with E-state index < -0.39 is 49.8 Å². The zero-order valence-electron chi connectivity index (χ0n) is 18.9. The molecule has 0 saturated carbocycles. The van der Waals surface area contributed by atoms with E-state index in [4.69, 9.17) is 20.9 Å². The molecule has 0 bridgehead atoms. The zero-order chi connectivity index (χ0) is 26.5. The maximum Gasteiger partial charge on any atom is 0.510 e. The molecule has 192 valence electrons. The molecule has 3 aromatic rings. The first kappa shape index (κ1) is 27.8. The Morgan fingerprint density at radius 3 is 2.72 bits per heavy atom. The van der Waals surface area contributed by atoms with Crippen LogP contribution in [0.4, 0.5) is 13.6 Å². The third-order valence-corrected chi connectivity index (χ3v) is 7.51. The van der Waals surface area contributed by atoms with Crippen LogP contribution in [-0.2, 0) is 23.4 Å². The Morgan fingerprint density at radius 1 is 1.25 bits per heavy atom. The van der Waals surface area contributed by atoms with Gasteiger partial charge in [0.15, 0.2) is 17.3 Å². The standard InChI is InChI=1S/C23H21ClF2NO7PS/c1-13(2)34-23(29)32-12-33-35(30,31)21(17-11-36-19-7-6-15(24)10-16(17)19)22(28)27-9-8-14-4-3-5-18(25)20(14)26/h3-11,13,21H,12H2,1-2H3,(H,27,28)(H,30,31). The zero-order valence-corrected chi connectivity index (χ0v) is 21.4. The first-order valence-corrected chi connectivity index (χ1v) is 13.3. The highest BCUT2D eigenvalue weighted by atomic mass is 35.5. The lowest BCUT2D eigenvalue weighted by atomic mass is 10.1. The van der Waals surface area contributed by atoms with Crippen LogP contribution in [0.2, 0.25) is 5.02 Å². The van der Waals surface area contributed by atoms with Gasteiger partial charge in [0.1, 0.15) is 0 Å². The van der Waals surface area contributed by atoms with Gasteiger partial charge in [0.05, 0.1) is 6.10 Å². The van der Waals surface area contributed by atoms with E-state index in [-0.39, 0.29) is 11.1 Å². The Morgan fingerprint density at radius 2 is 2.00 bits per heavy atom. The normalized spacial score (nSPS) is 14.1. The van der Waals surface area contributed by atoms with E-state index >= 15 is 0 Å². The molecule has 0 radical (unpaired) electrons. The molecule has 3 rings (SSSR count). The summed E-state index contributed by atoms with van der Waals surface area (Å²) < 4.78 is 55.5. The molecule has 2 unspecified atom stereocenters. The lowest BCUT2D eigenvalue weighted by Crippen LogP contribution is -2.26. The monoisotopic (exact) mass is 559 g/mol. The van der Waals surface area contributed by atoms with Crippen LogP contribution in [0, 0.1) is 11.6 Å². The molecule has 0 aliphatic carbocycles. The van der Waals surface area contributed by atoms with E-state index in [1.165, 1.54) is 34.9 Å². The van der Waals surface area contributed by atoms with Gasteiger partial charge in [-0.15, -0.1) is 11.3 Å². The summed E-state index contributed by atoms with van der Waals surface area (Å²) in [6, 6.07) is 8.33. The van der Waals surface area contributed by atoms with Crippen LogP contribution < -0.4 is 5.32 Å². The molecule has 0 saturated heterocycles. The van der Waals surface area contributed by atoms with Crippen molar-refractivity contribution >= 4 is 58.8 Å². The average molecular weight is 560 g/mol. The predicted molar refractivity (Wildman–Crippen MR) is 132 cm³/mol. The molecule has 2 atom stereocenters. The molecular formula is C23H21ClF2NO7PS. The molecule has 2 N–H and O–H groups in total. The summed E-state index contributed by atoms with van der Waals surface area (Å²) in [5.74, 6) is -3.19. The van der Waals surface area contributed by atoms with Crippen molar-refractivity contribution in [3.63, 3.8) is 0 Å². The lowest BCUT2D eigenvalue weighted by molar-refractivity contribution is -0.120. The van der Waals surface area contributed by atoms with Crippen molar-refractivity contribution in [3.05, 3.63) is 75.8 Å². The van der Waals surface area contributed by atoms with Gasteiger partial charge >= 0.3 is 13.8 Å². The van der Waals surface area contributed by atoms with Crippen LogP contribution in [0.25, 0.3) is 16.2 Å². The van der Waals surface area contributed by atoms with Crippen LogP contribution in [0.5, 0.6) is 0 Å². The molecule has 1 heterocycles. The fourth-order valence-electron chi connectivity index (χ4n) is 3.09. The van der Waals surface area contributed by atoms with Crippen molar-refractivity contribution in [3.8, 4) is 0 Å². The number of hydrogen-bond acceptors (Lipinski definition) is 7. The minimum atomic E-state index is -4.84. The van der Waals surface area contributed by atoms with Gasteiger partial charge in [-0.25, -0.2) is 13.6 Å². The minimum absolute atomic E-state index is 0.135. The third kappa shape index (κ3) is 6.89. The van der Waals surface area contributed by atoms with Crippen LogP contribution in [0.3, 0.4) is 0 Å². The number of hydrogen-bond donors (Lipinski definition) is 2. The van der Waals surface area contributed by atoms with Gasteiger partial charge in [0.25, 0.3) is 0 Å². The highest BCUT2D eigenvalue weighted by molar-refractivity contribution is 7.54. The lowest BCUT2D eigenvalue weighted by Gasteiger charge is -2.21. The second-order valence-corrected chi connectivity index (χ2v) is 10.8. The van der Waals surface area contributed by atoms with E-state index in [0.29, 0.717) is 15.1 Å². The molecule has 0 aliphatic heterocycles. The number of halogens is 3. The van der Waals surface area contributed by atoms with Gasteiger partial charge in [-0.1, -0.05) is 23.7 Å². The second kappa shape index (κ2) is 11.9. The van der Waals surface area contributed by atoms with Crippen molar-refractivity contribution in [2.75, 3.05) is 6.79 Å². The number of carbonyl (C=O) groups excluding carboxylic acids is 2. The van der Waals surface area contributed by atoms with Gasteiger partial charge < -0.3 is 19.7 Å². The Labute approximate surface area is 214 Å². The molecule has 8 nitrogen and oxygen atoms in total. The maximum atomic E-state index is 13.9. The topological polar surface area (TPSA) is 111 Å². The van der Waals surface area contributed by atoms with Crippen molar-refractivity contribution in [2.45, 2.75) is 25.6 Å². The summed E-state index contributed by atoms with van der Waals surface area (Å²) >= 11 is 7.28. The predicted octanol–water partition coefficient (Wildman–Crippen LogP) is 6.38. The fourth-order valence-corrected chi connectivity index (χ4v) is 5.62. The van der Waals surface area contributed by atoms with Crippen molar-refractivity contribution < 1.29 is 41.8 Å². The third-order valence-electron chi connectivity index (χ3n) is 4.65. The number of amides is 1. The first-order valence-electron chi connectivity index (χ1n) is 10.4. The molecule has 2 aromatic carbocycles. The van der Waals surface area contributed by atoms with Crippen molar-refractivity contribution in [1.29, 1.82) is 0 Å². The average Bonchev–Trinajstić information content (AvgIpc) is 3.18. The van der Waals surface area contributed by atoms with Crippen molar-refractivity contribution in [1.82, 2.24) is 5.32 Å². The Kier molecular flexibility index (Phi) is 9.21. The summed E-state index contributed by atoms with van der Waals surface area (Å²) in [5, 5.41) is 4.56. The minimum Gasteiger partial charge on any atom is -0.432 e. The first-order chi connectivity index (χ1) is 17.0. The molecule has 1 amide bonds. The highest BCUT2D eigenvalue weighted by Gasteiger charge is 2.41. The van der Waals surface area contributed by atoms with Gasteiger partial charge in [0, 0.05) is 21.5 Å². The molecule has 0 fully saturated rings. The number of benzene rings is 2. The number of nitrogens with one attached hydrogen (secondary N) is 1. The van der Waals surface area contributed by atoms with Gasteiger partial charge in [-0.3, -0.25) is 13.9 Å². The van der Waals surface area contributed by atoms with Gasteiger partial charge in [-0.2, -0.15) is 0 Å². The fraction of sp³-hybridized carbons (Fsp3) is 0.217. The van der Waals surface area contributed by atoms with E-state index in [1.807, 2.05) is 0 Å². The van der Waals surface area contributed by atoms with Crippen LogP contribution in [0.1, 0.15) is 30.6 Å². The summed E-state index contributed by atoms with van der Waals surface area (Å²) in [6.07, 6.45) is 0.475. The highest BCUT2D eigenvalue weighted by Crippen LogP contribution is 2.58. The van der Waals surface area contributed by atoms with E-state index in [2.05, 4.69) is 10.1 Å². The van der Waals surface area contributed by atoms with E-state index in [0.717, 1.165) is 18.3 Å². The Hall–Kier alpha value is -2.82. The largest absolute Gasteiger partial charge is 0.510 e. The van der Waals surface area contributed by atoms with Crippen LogP contribution in [-0.4, -0.2) is 29.9 Å². The molecule has 1 aromatic heterocycles. The molecule has 36 heavy (non-hydrogen) atoms. The number of fused-ring (bicyclic) bond motifs is 1. The van der Waals surface area contributed by atoms with Crippen LogP contribution in [0.15, 0.2) is 48.0 Å². The molecular weight excluding hydrogens is 539 g/mol. The number of ether oxygens (including phenoxy) is 2. The molecule has 13 heteroatoms. The number of carbonyl (C=O) groups is 2. The smallest absolute Gasteiger partial charge is 0.432 e. The SMILES string of the molecule is CC(C)OC(=O)OCOP(=O)(O)C(C(=O)NC=Cc1cccc(F)c1F)c1csc2ccc(Cl)cc12. The second-order valence-electron chi connectivity index (χ2n) is 7.59. The summed E-state index contributed by atoms with van der Waals surface area (Å²) in [5.41, 5.74) is -1.80. The summed E-state index contributed by atoms with van der Waals surface area (Å²) in [7, 11) is -4.84. The number of thiophene rings is 1. The van der Waals surface area contributed by atoms with Gasteiger partial charge in [0.2, 0.25) is 12.7 Å². The van der Waals surface area contributed by atoms with E-state index in [1.54, 1.807) is 26.0 Å². The molecule has 0 spiro atoms. The molecule has 0 aliphatic rings. The Bertz CT molecular complexity index is 1350. The van der Waals surface area contributed by atoms with Crippen molar-refractivity contribution in [2.24, 2.45) is 0 Å². The van der Waals surface area contributed by atoms with Crippen LogP contribution >= 0.6 is 30.5 Å². The van der Waals surface area contributed by atoms with Gasteiger partial charge in [-0.05, 0) is 60.5 Å². The number of rotatable bonds is 9. The quantitative estimate of drug-likeness (QED) is 0.178. The summed E-state index contributed by atoms with van der Waals surface area (Å²) in [6.45, 7) is 2.20. The Balaban J connectivity index is 1.88. The maximum absolute atomic E-state index is 13.9.